The van der Waals surface area contributed by atoms with Crippen molar-refractivity contribution in [2.24, 2.45) is 5.16 Å². The lowest BCUT2D eigenvalue weighted by molar-refractivity contribution is 0.320. The fourth-order valence-corrected chi connectivity index (χ4v) is 2.21. The molecular formula is C18H15N3O2. The van der Waals surface area contributed by atoms with Gasteiger partial charge in [-0.05, 0) is 30.2 Å². The predicted molar refractivity (Wildman–Crippen MR) is 89.8 cm³/mol. The first kappa shape index (κ1) is 14.7. The number of nitrogens with zero attached hydrogens (tertiary/aromatic N) is 2. The van der Waals surface area contributed by atoms with Gasteiger partial charge in [0.15, 0.2) is 5.76 Å². The molecule has 5 heteroatoms. The van der Waals surface area contributed by atoms with Crippen LogP contribution in [0.2, 0.25) is 0 Å². The molecule has 0 saturated carbocycles. The van der Waals surface area contributed by atoms with E-state index in [-0.39, 0.29) is 0 Å². The van der Waals surface area contributed by atoms with E-state index in [1.54, 1.807) is 18.3 Å². The maximum Gasteiger partial charge on any atom is 0.177 e. The van der Waals surface area contributed by atoms with Gasteiger partial charge in [0.25, 0.3) is 0 Å². The van der Waals surface area contributed by atoms with Crippen molar-refractivity contribution in [3.05, 3.63) is 60.2 Å². The van der Waals surface area contributed by atoms with Crippen LogP contribution in [0.1, 0.15) is 17.9 Å². The third-order valence-electron chi connectivity index (χ3n) is 3.24. The summed E-state index contributed by atoms with van der Waals surface area (Å²) in [4.78, 5) is 4.33. The van der Waals surface area contributed by atoms with E-state index in [1.807, 2.05) is 30.3 Å². The lowest BCUT2D eigenvalue weighted by Crippen LogP contribution is -2.01. The van der Waals surface area contributed by atoms with Crippen LogP contribution in [0.5, 0.6) is 0 Å². The van der Waals surface area contributed by atoms with E-state index < -0.39 is 0 Å². The summed E-state index contributed by atoms with van der Waals surface area (Å²) in [6, 6.07) is 13.4. The van der Waals surface area contributed by atoms with E-state index in [1.165, 1.54) is 6.21 Å². The number of pyridine rings is 1. The van der Waals surface area contributed by atoms with Gasteiger partial charge in [-0.3, -0.25) is 4.98 Å². The highest BCUT2D eigenvalue weighted by molar-refractivity contribution is 5.90. The lowest BCUT2D eigenvalue weighted by atomic mass is 10.2. The molecule has 0 radical (unpaired) electrons. The Morgan fingerprint density at radius 2 is 2.13 bits per heavy atom. The number of fused-ring (bicyclic) bond motifs is 1. The van der Waals surface area contributed by atoms with Crippen molar-refractivity contribution in [2.75, 3.05) is 11.9 Å². The first-order chi connectivity index (χ1) is 11.4. The maximum absolute atomic E-state index is 8.42. The largest absolute Gasteiger partial charge is 0.447 e. The van der Waals surface area contributed by atoms with Crippen molar-refractivity contribution in [3.63, 3.8) is 0 Å². The fraction of sp³-hybridized carbons (Fsp3) is 0.111. The Bertz CT molecular complexity index is 882. The van der Waals surface area contributed by atoms with Gasteiger partial charge in [-0.1, -0.05) is 29.3 Å². The number of benzene rings is 1. The smallest absolute Gasteiger partial charge is 0.177 e. The third-order valence-corrected chi connectivity index (χ3v) is 3.24. The van der Waals surface area contributed by atoms with Crippen LogP contribution in [0, 0.1) is 11.8 Å². The van der Waals surface area contributed by atoms with Crippen LogP contribution in [0.3, 0.4) is 0 Å². The number of anilines is 1. The van der Waals surface area contributed by atoms with Gasteiger partial charge in [-0.15, -0.1) is 0 Å². The molecule has 0 saturated heterocycles. The molecule has 2 aromatic heterocycles. The minimum Gasteiger partial charge on any atom is -0.447 e. The first-order valence-electron chi connectivity index (χ1n) is 7.20. The van der Waals surface area contributed by atoms with Gasteiger partial charge in [0.1, 0.15) is 12.0 Å². The molecule has 0 fully saturated rings. The van der Waals surface area contributed by atoms with Crippen LogP contribution >= 0.6 is 0 Å². The van der Waals surface area contributed by atoms with Crippen LogP contribution in [0.25, 0.3) is 10.9 Å². The Kier molecular flexibility index (Phi) is 4.55. The van der Waals surface area contributed by atoms with Gasteiger partial charge >= 0.3 is 0 Å². The van der Waals surface area contributed by atoms with Crippen LogP contribution < -0.4 is 5.32 Å². The summed E-state index contributed by atoms with van der Waals surface area (Å²) in [5.41, 5.74) is 2.02. The topological polar surface area (TPSA) is 70.7 Å². The fourth-order valence-electron chi connectivity index (χ4n) is 2.21. The van der Waals surface area contributed by atoms with E-state index in [9.17, 15) is 0 Å². The summed E-state index contributed by atoms with van der Waals surface area (Å²) in [6.07, 6.45) is 3.70. The highest BCUT2D eigenvalue weighted by Gasteiger charge is 1.99. The number of hydrogen-bond donors (Lipinski definition) is 2. The number of aromatic nitrogens is 1. The average Bonchev–Trinajstić information content (AvgIpc) is 3.02. The van der Waals surface area contributed by atoms with Crippen molar-refractivity contribution in [3.8, 4) is 11.8 Å². The molecular weight excluding hydrogens is 290 g/mol. The summed E-state index contributed by atoms with van der Waals surface area (Å²) in [6.45, 7) is 0.729. The molecule has 0 aliphatic carbocycles. The van der Waals surface area contributed by atoms with Crippen molar-refractivity contribution in [1.29, 1.82) is 0 Å². The summed E-state index contributed by atoms with van der Waals surface area (Å²) < 4.78 is 5.33. The Labute approximate surface area is 133 Å². The van der Waals surface area contributed by atoms with Gasteiger partial charge < -0.3 is 14.9 Å². The van der Waals surface area contributed by atoms with Crippen LogP contribution in [-0.2, 0) is 0 Å². The second-order valence-electron chi connectivity index (χ2n) is 4.80. The van der Waals surface area contributed by atoms with Crippen LogP contribution in [-0.4, -0.2) is 23.0 Å². The molecule has 0 unspecified atom stereocenters. The predicted octanol–water partition coefficient (Wildman–Crippen LogP) is 3.49. The summed E-state index contributed by atoms with van der Waals surface area (Å²) in [5.74, 6) is 7.00. The Hall–Kier alpha value is -3.26. The molecule has 114 valence electrons. The monoisotopic (exact) mass is 305 g/mol. The molecule has 3 aromatic rings. The number of para-hydroxylation sites is 1. The maximum atomic E-state index is 8.42. The molecule has 0 atom stereocenters. The highest BCUT2D eigenvalue weighted by Crippen LogP contribution is 2.20. The molecule has 2 N–H and O–H groups in total. The van der Waals surface area contributed by atoms with E-state index >= 15 is 0 Å². The molecule has 0 amide bonds. The average molecular weight is 305 g/mol. The van der Waals surface area contributed by atoms with Crippen molar-refractivity contribution < 1.29 is 9.62 Å². The van der Waals surface area contributed by atoms with Gasteiger partial charge in [0.05, 0.1) is 5.52 Å². The van der Waals surface area contributed by atoms with E-state index in [0.29, 0.717) is 17.9 Å². The summed E-state index contributed by atoms with van der Waals surface area (Å²) in [5, 5.41) is 15.8. The second-order valence-corrected chi connectivity index (χ2v) is 4.80. The molecule has 0 aliphatic heterocycles. The Balaban J connectivity index is 1.58. The third kappa shape index (κ3) is 3.69. The Morgan fingerprint density at radius 1 is 1.22 bits per heavy atom. The quantitative estimate of drug-likeness (QED) is 0.254. The van der Waals surface area contributed by atoms with Gasteiger partial charge in [-0.25, -0.2) is 0 Å². The van der Waals surface area contributed by atoms with Gasteiger partial charge in [0.2, 0.25) is 0 Å². The minimum absolute atomic E-state index is 0.471. The number of oxime groups is 1. The number of nitrogens with one attached hydrogen (secondary N) is 1. The molecule has 3 rings (SSSR count). The molecule has 5 nitrogen and oxygen atoms in total. The van der Waals surface area contributed by atoms with Crippen LogP contribution in [0.15, 0.2) is 58.2 Å². The van der Waals surface area contributed by atoms with Crippen molar-refractivity contribution in [1.82, 2.24) is 4.98 Å². The van der Waals surface area contributed by atoms with Crippen molar-refractivity contribution in [2.45, 2.75) is 6.42 Å². The minimum atomic E-state index is 0.471. The zero-order chi connectivity index (χ0) is 15.9. The van der Waals surface area contributed by atoms with Gasteiger partial charge in [-0.2, -0.15) is 0 Å². The second kappa shape index (κ2) is 7.14. The molecule has 23 heavy (non-hydrogen) atoms. The SMILES string of the molecule is O/N=C\c1ccc(C#CCCNc2ccnc3ccccc23)o1. The molecule has 2 heterocycles. The Morgan fingerprint density at radius 3 is 3.04 bits per heavy atom. The zero-order valence-corrected chi connectivity index (χ0v) is 12.4. The zero-order valence-electron chi connectivity index (χ0n) is 12.4. The summed E-state index contributed by atoms with van der Waals surface area (Å²) >= 11 is 0. The van der Waals surface area contributed by atoms with E-state index in [2.05, 4.69) is 27.3 Å². The van der Waals surface area contributed by atoms with Crippen LogP contribution in [0.4, 0.5) is 5.69 Å². The lowest BCUT2D eigenvalue weighted by Gasteiger charge is -2.07. The molecule has 1 aromatic carbocycles. The van der Waals surface area contributed by atoms with Crippen molar-refractivity contribution >= 4 is 22.8 Å². The normalized spacial score (nSPS) is 10.6. The molecule has 0 spiro atoms. The number of hydrogen-bond acceptors (Lipinski definition) is 5. The highest BCUT2D eigenvalue weighted by atomic mass is 16.4. The summed E-state index contributed by atoms with van der Waals surface area (Å²) in [7, 11) is 0. The molecule has 0 aliphatic rings. The standard InChI is InChI=1S/C18H15N3O2/c22-21-13-15-9-8-14(23-15)5-3-4-11-19-18-10-12-20-17-7-2-1-6-16(17)18/h1-2,6-10,12-13,22H,4,11H2,(H,19,20)/b21-13-. The first-order valence-corrected chi connectivity index (χ1v) is 7.20. The van der Waals surface area contributed by atoms with E-state index in [4.69, 9.17) is 9.62 Å². The van der Waals surface area contributed by atoms with E-state index in [0.717, 1.165) is 23.1 Å². The van der Waals surface area contributed by atoms with Gasteiger partial charge in [0, 0.05) is 30.2 Å². The molecule has 0 bridgehead atoms. The number of rotatable bonds is 4. The number of furan rings is 1.